The SMILES string of the molecule is Nc1ncnc(Nc2ccc(F)c(F)c2)c1Cl. The summed E-state index contributed by atoms with van der Waals surface area (Å²) < 4.78 is 25.7. The van der Waals surface area contributed by atoms with E-state index >= 15 is 0 Å². The lowest BCUT2D eigenvalue weighted by atomic mass is 10.3. The second-order valence-corrected chi connectivity index (χ2v) is 3.55. The van der Waals surface area contributed by atoms with E-state index in [1.54, 1.807) is 0 Å². The first-order valence-electron chi connectivity index (χ1n) is 4.56. The lowest BCUT2D eigenvalue weighted by molar-refractivity contribution is 0.509. The molecule has 1 aromatic carbocycles. The van der Waals surface area contributed by atoms with Gasteiger partial charge in [0.1, 0.15) is 17.2 Å². The minimum absolute atomic E-state index is 0.103. The molecule has 0 atom stereocenters. The third kappa shape index (κ3) is 2.42. The molecule has 0 radical (unpaired) electrons. The fourth-order valence-corrected chi connectivity index (χ4v) is 1.33. The molecular weight excluding hydrogens is 250 g/mol. The maximum absolute atomic E-state index is 13.0. The highest BCUT2D eigenvalue weighted by Gasteiger charge is 2.08. The molecule has 17 heavy (non-hydrogen) atoms. The zero-order valence-corrected chi connectivity index (χ0v) is 9.17. The average molecular weight is 257 g/mol. The Hall–Kier alpha value is -1.95. The Morgan fingerprint density at radius 1 is 1.18 bits per heavy atom. The summed E-state index contributed by atoms with van der Waals surface area (Å²) in [5.74, 6) is -1.56. The van der Waals surface area contributed by atoms with Crippen molar-refractivity contribution in [3.05, 3.63) is 41.2 Å². The molecule has 1 aromatic heterocycles. The van der Waals surface area contributed by atoms with Gasteiger partial charge in [-0.2, -0.15) is 0 Å². The second kappa shape index (κ2) is 4.50. The van der Waals surface area contributed by atoms with Gasteiger partial charge in [0, 0.05) is 11.8 Å². The van der Waals surface area contributed by atoms with Crippen LogP contribution in [0.15, 0.2) is 24.5 Å². The van der Waals surface area contributed by atoms with Gasteiger partial charge in [0.2, 0.25) is 0 Å². The van der Waals surface area contributed by atoms with E-state index < -0.39 is 11.6 Å². The number of nitrogens with one attached hydrogen (secondary N) is 1. The lowest BCUT2D eigenvalue weighted by Gasteiger charge is -2.08. The molecule has 3 N–H and O–H groups in total. The highest BCUT2D eigenvalue weighted by atomic mass is 35.5. The summed E-state index contributed by atoms with van der Waals surface area (Å²) in [6.07, 6.45) is 1.21. The summed E-state index contributed by atoms with van der Waals surface area (Å²) >= 11 is 5.83. The fraction of sp³-hybridized carbons (Fsp3) is 0. The zero-order valence-electron chi connectivity index (χ0n) is 8.42. The predicted molar refractivity (Wildman–Crippen MR) is 61.1 cm³/mol. The van der Waals surface area contributed by atoms with Crippen LogP contribution >= 0.6 is 11.6 Å². The van der Waals surface area contributed by atoms with E-state index in [0.29, 0.717) is 5.69 Å². The van der Waals surface area contributed by atoms with E-state index in [1.165, 1.54) is 12.4 Å². The molecule has 0 bridgehead atoms. The van der Waals surface area contributed by atoms with Crippen molar-refractivity contribution in [1.29, 1.82) is 0 Å². The predicted octanol–water partition coefficient (Wildman–Crippen LogP) is 2.73. The Labute approximate surface area is 100 Å². The zero-order chi connectivity index (χ0) is 12.4. The standard InChI is InChI=1S/C10H7ClF2N4/c11-8-9(14)15-4-16-10(8)17-5-1-2-6(12)7(13)3-5/h1-4H,(H3,14,15,16,17). The van der Waals surface area contributed by atoms with Gasteiger partial charge < -0.3 is 11.1 Å². The number of anilines is 3. The Kier molecular flexibility index (Phi) is 3.06. The van der Waals surface area contributed by atoms with Crippen LogP contribution in [0.25, 0.3) is 0 Å². The first-order chi connectivity index (χ1) is 8.08. The number of hydrogen-bond donors (Lipinski definition) is 2. The van der Waals surface area contributed by atoms with E-state index in [-0.39, 0.29) is 16.7 Å². The van der Waals surface area contributed by atoms with Crippen molar-refractivity contribution in [3.63, 3.8) is 0 Å². The number of nitrogens with zero attached hydrogens (tertiary/aromatic N) is 2. The van der Waals surface area contributed by atoms with Gasteiger partial charge in [-0.3, -0.25) is 0 Å². The van der Waals surface area contributed by atoms with Crippen LogP contribution < -0.4 is 11.1 Å². The number of nitrogen functional groups attached to an aromatic ring is 1. The maximum atomic E-state index is 13.0. The van der Waals surface area contributed by atoms with Gasteiger partial charge in [0.05, 0.1) is 0 Å². The van der Waals surface area contributed by atoms with Gasteiger partial charge in [0.15, 0.2) is 17.5 Å². The Bertz CT molecular complexity index is 562. The molecule has 0 saturated carbocycles. The van der Waals surface area contributed by atoms with Crippen LogP contribution in [-0.2, 0) is 0 Å². The summed E-state index contributed by atoms with van der Waals surface area (Å²) in [6, 6.07) is 3.34. The molecule has 1 heterocycles. The second-order valence-electron chi connectivity index (χ2n) is 3.18. The quantitative estimate of drug-likeness (QED) is 0.867. The van der Waals surface area contributed by atoms with Crippen molar-refractivity contribution >= 4 is 28.9 Å². The van der Waals surface area contributed by atoms with Crippen LogP contribution in [0.1, 0.15) is 0 Å². The topological polar surface area (TPSA) is 63.8 Å². The lowest BCUT2D eigenvalue weighted by Crippen LogP contribution is -2.00. The third-order valence-electron chi connectivity index (χ3n) is 2.00. The molecule has 0 aliphatic rings. The van der Waals surface area contributed by atoms with Crippen molar-refractivity contribution in [2.24, 2.45) is 0 Å². The normalized spacial score (nSPS) is 10.3. The van der Waals surface area contributed by atoms with Gasteiger partial charge in [-0.25, -0.2) is 18.7 Å². The molecule has 0 spiro atoms. The summed E-state index contributed by atoms with van der Waals surface area (Å²) in [7, 11) is 0. The van der Waals surface area contributed by atoms with Crippen molar-refractivity contribution < 1.29 is 8.78 Å². The van der Waals surface area contributed by atoms with Crippen LogP contribution in [-0.4, -0.2) is 9.97 Å². The molecule has 0 fully saturated rings. The van der Waals surface area contributed by atoms with E-state index in [2.05, 4.69) is 15.3 Å². The van der Waals surface area contributed by atoms with Crippen LogP contribution in [0.3, 0.4) is 0 Å². The highest BCUT2D eigenvalue weighted by Crippen LogP contribution is 2.26. The maximum Gasteiger partial charge on any atom is 0.160 e. The van der Waals surface area contributed by atoms with Crippen molar-refractivity contribution in [1.82, 2.24) is 9.97 Å². The number of hydrogen-bond acceptors (Lipinski definition) is 4. The summed E-state index contributed by atoms with van der Waals surface area (Å²) in [6.45, 7) is 0. The minimum atomic E-state index is -0.965. The van der Waals surface area contributed by atoms with Gasteiger partial charge in [0.25, 0.3) is 0 Å². The van der Waals surface area contributed by atoms with Gasteiger partial charge in [-0.05, 0) is 12.1 Å². The van der Waals surface area contributed by atoms with E-state index in [4.69, 9.17) is 17.3 Å². The first kappa shape index (κ1) is 11.5. The number of halogens is 3. The smallest absolute Gasteiger partial charge is 0.160 e. The van der Waals surface area contributed by atoms with Crippen molar-refractivity contribution in [2.75, 3.05) is 11.1 Å². The molecule has 0 aliphatic heterocycles. The number of nitrogens with two attached hydrogens (primary N) is 1. The Morgan fingerprint density at radius 3 is 2.65 bits per heavy atom. The summed E-state index contributed by atoms with van der Waals surface area (Å²) in [5, 5.41) is 2.83. The molecule has 88 valence electrons. The fourth-order valence-electron chi connectivity index (χ4n) is 1.18. The summed E-state index contributed by atoms with van der Waals surface area (Å²) in [5.41, 5.74) is 5.78. The van der Waals surface area contributed by atoms with Crippen LogP contribution in [0.5, 0.6) is 0 Å². The van der Waals surface area contributed by atoms with Crippen LogP contribution in [0.2, 0.25) is 5.02 Å². The first-order valence-corrected chi connectivity index (χ1v) is 4.94. The number of benzene rings is 1. The van der Waals surface area contributed by atoms with Gasteiger partial charge in [-0.1, -0.05) is 11.6 Å². The largest absolute Gasteiger partial charge is 0.382 e. The van der Waals surface area contributed by atoms with Gasteiger partial charge in [-0.15, -0.1) is 0 Å². The Morgan fingerprint density at radius 2 is 1.94 bits per heavy atom. The van der Waals surface area contributed by atoms with Crippen molar-refractivity contribution in [3.8, 4) is 0 Å². The molecule has 0 aliphatic carbocycles. The van der Waals surface area contributed by atoms with Crippen molar-refractivity contribution in [2.45, 2.75) is 0 Å². The van der Waals surface area contributed by atoms with Gasteiger partial charge >= 0.3 is 0 Å². The third-order valence-corrected chi connectivity index (χ3v) is 2.37. The molecule has 0 unspecified atom stereocenters. The average Bonchev–Trinajstić information content (AvgIpc) is 2.30. The van der Waals surface area contributed by atoms with E-state index in [0.717, 1.165) is 12.1 Å². The molecule has 0 saturated heterocycles. The van der Waals surface area contributed by atoms with E-state index in [9.17, 15) is 8.78 Å². The Balaban J connectivity index is 2.31. The monoisotopic (exact) mass is 256 g/mol. The molecule has 7 heteroatoms. The number of rotatable bonds is 2. The van der Waals surface area contributed by atoms with Crippen LogP contribution in [0, 0.1) is 11.6 Å². The summed E-state index contributed by atoms with van der Waals surface area (Å²) in [4.78, 5) is 7.51. The number of aromatic nitrogens is 2. The molecule has 2 rings (SSSR count). The van der Waals surface area contributed by atoms with E-state index in [1.807, 2.05) is 0 Å². The minimum Gasteiger partial charge on any atom is -0.382 e. The molecule has 4 nitrogen and oxygen atoms in total. The molecular formula is C10H7ClF2N4. The van der Waals surface area contributed by atoms with Crippen LogP contribution in [0.4, 0.5) is 26.1 Å². The molecule has 2 aromatic rings. The molecule has 0 amide bonds. The highest BCUT2D eigenvalue weighted by molar-refractivity contribution is 6.35.